The summed E-state index contributed by atoms with van der Waals surface area (Å²) in [5.41, 5.74) is 0. The fourth-order valence-corrected chi connectivity index (χ4v) is 0.304. The fraction of sp³-hybridized carbons (Fsp3) is 1.00. The molecule has 0 aliphatic rings. The highest BCUT2D eigenvalue weighted by molar-refractivity contribution is 4.40. The summed E-state index contributed by atoms with van der Waals surface area (Å²) < 4.78 is 4.51. The van der Waals surface area contributed by atoms with Crippen molar-refractivity contribution in [1.82, 2.24) is 0 Å². The van der Waals surface area contributed by atoms with E-state index in [4.69, 9.17) is 10.2 Å². The minimum atomic E-state index is -1.62. The van der Waals surface area contributed by atoms with Gasteiger partial charge in [0.25, 0.3) is 6.48 Å². The van der Waals surface area contributed by atoms with Crippen molar-refractivity contribution in [3.8, 4) is 0 Å². The fourth-order valence-electron chi connectivity index (χ4n) is 0.304. The SMILES string of the molecule is CCC(C)OC(O)O. The molecule has 0 rings (SSSR count). The van der Waals surface area contributed by atoms with E-state index in [1.165, 1.54) is 0 Å². The molecular formula is C5H12O3. The Morgan fingerprint density at radius 1 is 1.50 bits per heavy atom. The van der Waals surface area contributed by atoms with Crippen molar-refractivity contribution in [1.29, 1.82) is 0 Å². The Labute approximate surface area is 48.9 Å². The monoisotopic (exact) mass is 120 g/mol. The van der Waals surface area contributed by atoms with Crippen LogP contribution in [0, 0.1) is 0 Å². The molecule has 0 saturated carbocycles. The maximum Gasteiger partial charge on any atom is 0.266 e. The number of rotatable bonds is 3. The molecule has 2 N–H and O–H groups in total. The van der Waals surface area contributed by atoms with Gasteiger partial charge in [-0.05, 0) is 13.3 Å². The maximum atomic E-state index is 8.19. The lowest BCUT2D eigenvalue weighted by Crippen LogP contribution is -2.17. The van der Waals surface area contributed by atoms with Gasteiger partial charge in [-0.3, -0.25) is 0 Å². The van der Waals surface area contributed by atoms with Gasteiger partial charge in [-0.2, -0.15) is 0 Å². The Morgan fingerprint density at radius 2 is 2.00 bits per heavy atom. The quantitative estimate of drug-likeness (QED) is 0.518. The lowest BCUT2D eigenvalue weighted by atomic mass is 10.3. The van der Waals surface area contributed by atoms with Crippen LogP contribution in [-0.2, 0) is 4.74 Å². The minimum Gasteiger partial charge on any atom is -0.346 e. The van der Waals surface area contributed by atoms with Crippen molar-refractivity contribution in [3.05, 3.63) is 0 Å². The second kappa shape index (κ2) is 3.83. The summed E-state index contributed by atoms with van der Waals surface area (Å²) in [5, 5.41) is 16.4. The molecule has 0 aliphatic heterocycles. The zero-order chi connectivity index (χ0) is 6.57. The van der Waals surface area contributed by atoms with E-state index in [-0.39, 0.29) is 6.10 Å². The zero-order valence-electron chi connectivity index (χ0n) is 5.16. The van der Waals surface area contributed by atoms with Gasteiger partial charge >= 0.3 is 0 Å². The Morgan fingerprint density at radius 3 is 2.12 bits per heavy atom. The lowest BCUT2D eigenvalue weighted by molar-refractivity contribution is -0.253. The molecule has 8 heavy (non-hydrogen) atoms. The molecule has 0 radical (unpaired) electrons. The van der Waals surface area contributed by atoms with E-state index in [9.17, 15) is 0 Å². The van der Waals surface area contributed by atoms with E-state index in [0.29, 0.717) is 0 Å². The molecule has 0 spiro atoms. The van der Waals surface area contributed by atoms with Crippen LogP contribution in [0.1, 0.15) is 20.3 Å². The average Bonchev–Trinajstić information content (AvgIpc) is 1.65. The number of ether oxygens (including phenoxy) is 1. The topological polar surface area (TPSA) is 49.7 Å². The Hall–Kier alpha value is -0.120. The summed E-state index contributed by atoms with van der Waals surface area (Å²) in [5.74, 6) is 0. The third-order valence-corrected chi connectivity index (χ3v) is 0.929. The zero-order valence-corrected chi connectivity index (χ0v) is 5.16. The lowest BCUT2D eigenvalue weighted by Gasteiger charge is -2.10. The van der Waals surface area contributed by atoms with E-state index >= 15 is 0 Å². The molecule has 0 aromatic heterocycles. The van der Waals surface area contributed by atoms with Crippen LogP contribution in [0.5, 0.6) is 0 Å². The van der Waals surface area contributed by atoms with Gasteiger partial charge in [0.1, 0.15) is 0 Å². The molecule has 1 atom stereocenters. The predicted octanol–water partition coefficient (Wildman–Crippen LogP) is 0.0697. The smallest absolute Gasteiger partial charge is 0.266 e. The van der Waals surface area contributed by atoms with Gasteiger partial charge in [0.05, 0.1) is 6.10 Å². The highest BCUT2D eigenvalue weighted by Gasteiger charge is 2.01. The molecule has 50 valence electrons. The van der Waals surface area contributed by atoms with E-state index < -0.39 is 6.48 Å². The van der Waals surface area contributed by atoms with Crippen molar-refractivity contribution in [2.45, 2.75) is 32.8 Å². The van der Waals surface area contributed by atoms with E-state index in [1.54, 1.807) is 6.92 Å². The molecule has 0 amide bonds. The summed E-state index contributed by atoms with van der Waals surface area (Å²) in [6.45, 7) is 2.07. The van der Waals surface area contributed by atoms with Crippen molar-refractivity contribution in [2.24, 2.45) is 0 Å². The predicted molar refractivity (Wildman–Crippen MR) is 29.1 cm³/mol. The van der Waals surface area contributed by atoms with Crippen LogP contribution >= 0.6 is 0 Å². The van der Waals surface area contributed by atoms with Crippen LogP contribution in [0.4, 0.5) is 0 Å². The van der Waals surface area contributed by atoms with Gasteiger partial charge in [-0.1, -0.05) is 6.92 Å². The highest BCUT2D eigenvalue weighted by atomic mass is 16.7. The Bertz CT molecular complexity index is 53.6. The molecule has 3 heteroatoms. The standard InChI is InChI=1S/C5H12O3/c1-3-4(2)8-5(6)7/h4-7H,3H2,1-2H3. The van der Waals surface area contributed by atoms with Gasteiger partial charge in [0, 0.05) is 0 Å². The van der Waals surface area contributed by atoms with Crippen molar-refractivity contribution >= 4 is 0 Å². The van der Waals surface area contributed by atoms with Gasteiger partial charge in [0.2, 0.25) is 0 Å². The molecule has 0 fully saturated rings. The largest absolute Gasteiger partial charge is 0.346 e. The molecule has 1 unspecified atom stereocenters. The van der Waals surface area contributed by atoms with Crippen LogP contribution < -0.4 is 0 Å². The summed E-state index contributed by atoms with van der Waals surface area (Å²) >= 11 is 0. The van der Waals surface area contributed by atoms with E-state index in [1.807, 2.05) is 6.92 Å². The van der Waals surface area contributed by atoms with Crippen molar-refractivity contribution < 1.29 is 14.9 Å². The summed E-state index contributed by atoms with van der Waals surface area (Å²) in [6.07, 6.45) is 0.715. The summed E-state index contributed by atoms with van der Waals surface area (Å²) in [7, 11) is 0. The van der Waals surface area contributed by atoms with Crippen LogP contribution in [0.3, 0.4) is 0 Å². The van der Waals surface area contributed by atoms with Gasteiger partial charge in [0.15, 0.2) is 0 Å². The van der Waals surface area contributed by atoms with Crippen molar-refractivity contribution in [2.75, 3.05) is 0 Å². The van der Waals surface area contributed by atoms with Gasteiger partial charge in [-0.25, -0.2) is 0 Å². The second-order valence-corrected chi connectivity index (χ2v) is 1.68. The first-order valence-electron chi connectivity index (χ1n) is 2.68. The maximum absolute atomic E-state index is 8.19. The number of hydrogen-bond donors (Lipinski definition) is 2. The molecule has 0 aliphatic carbocycles. The Kier molecular flexibility index (Phi) is 3.77. The molecule has 0 bridgehead atoms. The molecule has 3 nitrogen and oxygen atoms in total. The third kappa shape index (κ3) is 4.05. The van der Waals surface area contributed by atoms with Crippen LogP contribution in [0.25, 0.3) is 0 Å². The molecule has 0 aromatic carbocycles. The summed E-state index contributed by atoms with van der Waals surface area (Å²) in [4.78, 5) is 0. The minimum absolute atomic E-state index is 0.0741. The first-order chi connectivity index (χ1) is 3.66. The number of aliphatic hydroxyl groups is 2. The average molecular weight is 120 g/mol. The van der Waals surface area contributed by atoms with Crippen LogP contribution in [0.2, 0.25) is 0 Å². The summed E-state index contributed by atoms with van der Waals surface area (Å²) in [6, 6.07) is 0. The number of aliphatic hydroxyl groups excluding tert-OH is 1. The van der Waals surface area contributed by atoms with Gasteiger partial charge in [-0.15, -0.1) is 0 Å². The molecular weight excluding hydrogens is 108 g/mol. The molecule has 0 saturated heterocycles. The van der Waals surface area contributed by atoms with Gasteiger partial charge < -0.3 is 14.9 Å². The normalized spacial score (nSPS) is 14.6. The van der Waals surface area contributed by atoms with E-state index in [0.717, 1.165) is 6.42 Å². The molecule has 0 heterocycles. The highest BCUT2D eigenvalue weighted by Crippen LogP contribution is 1.96. The molecule has 0 aromatic rings. The van der Waals surface area contributed by atoms with Crippen molar-refractivity contribution in [3.63, 3.8) is 0 Å². The van der Waals surface area contributed by atoms with E-state index in [2.05, 4.69) is 4.74 Å². The second-order valence-electron chi connectivity index (χ2n) is 1.68. The third-order valence-electron chi connectivity index (χ3n) is 0.929. The first-order valence-corrected chi connectivity index (χ1v) is 2.68. The van der Waals surface area contributed by atoms with Crippen LogP contribution in [0.15, 0.2) is 0 Å². The Balaban J connectivity index is 3.10. The first kappa shape index (κ1) is 7.88. The number of hydrogen-bond acceptors (Lipinski definition) is 3. The van der Waals surface area contributed by atoms with Crippen LogP contribution in [-0.4, -0.2) is 22.8 Å².